The zero-order valence-corrected chi connectivity index (χ0v) is 16.7. The lowest BCUT2D eigenvalue weighted by molar-refractivity contribution is -0.127. The number of likely N-dealkylation sites (N-methyl/N-ethyl adjacent to an activating group) is 1. The molecule has 2 N–H and O–H groups in total. The molecule has 8 heteroatoms. The van der Waals surface area contributed by atoms with Gasteiger partial charge in [0, 0.05) is 38.0 Å². The first-order chi connectivity index (χ1) is 12.4. The maximum atomic E-state index is 11.8. The minimum Gasteiger partial charge on any atom is -0.493 e. The summed E-state index contributed by atoms with van der Waals surface area (Å²) in [6.07, 6.45) is 0.914. The van der Waals surface area contributed by atoms with Crippen molar-refractivity contribution < 1.29 is 19.0 Å². The predicted molar refractivity (Wildman–Crippen MR) is 104 cm³/mol. The lowest BCUT2D eigenvalue weighted by Gasteiger charge is -2.19. The third kappa shape index (κ3) is 6.02. The van der Waals surface area contributed by atoms with E-state index in [0.29, 0.717) is 28.9 Å². The van der Waals surface area contributed by atoms with Crippen molar-refractivity contribution >= 4 is 17.6 Å². The summed E-state index contributed by atoms with van der Waals surface area (Å²) in [7, 11) is 8.07. The molecule has 0 aromatic heterocycles. The van der Waals surface area contributed by atoms with Crippen molar-refractivity contribution in [2.24, 2.45) is 4.99 Å². The van der Waals surface area contributed by atoms with Crippen LogP contribution in [-0.4, -0.2) is 64.8 Å². The van der Waals surface area contributed by atoms with Crippen molar-refractivity contribution in [3.63, 3.8) is 0 Å². The van der Waals surface area contributed by atoms with Gasteiger partial charge in [0.05, 0.1) is 21.3 Å². The number of nitrogens with zero attached hydrogens (tertiary/aromatic N) is 2. The van der Waals surface area contributed by atoms with E-state index in [1.54, 1.807) is 47.6 Å². The largest absolute Gasteiger partial charge is 0.493 e. The number of methoxy groups -OCH3 is 3. The Morgan fingerprint density at radius 2 is 1.73 bits per heavy atom. The first-order valence-corrected chi connectivity index (χ1v) is 8.44. The van der Waals surface area contributed by atoms with Crippen molar-refractivity contribution in [2.45, 2.75) is 26.3 Å². The number of amides is 1. The molecule has 0 aliphatic rings. The molecule has 0 fully saturated rings. The van der Waals surface area contributed by atoms with Crippen LogP contribution in [0, 0.1) is 0 Å². The van der Waals surface area contributed by atoms with Crippen LogP contribution in [0.2, 0.25) is 0 Å². The maximum Gasteiger partial charge on any atom is 0.243 e. The lowest BCUT2D eigenvalue weighted by Crippen LogP contribution is -2.38. The fourth-order valence-electron chi connectivity index (χ4n) is 2.03. The molecule has 0 radical (unpaired) electrons. The van der Waals surface area contributed by atoms with Gasteiger partial charge >= 0.3 is 0 Å². The molecule has 0 saturated carbocycles. The van der Waals surface area contributed by atoms with E-state index < -0.39 is 0 Å². The minimum atomic E-state index is -0.0832. The van der Waals surface area contributed by atoms with Crippen LogP contribution in [0.3, 0.4) is 0 Å². The second-order valence-electron chi connectivity index (χ2n) is 5.95. The van der Waals surface area contributed by atoms with Gasteiger partial charge in [-0.25, -0.2) is 4.99 Å². The van der Waals surface area contributed by atoms with E-state index in [9.17, 15) is 4.79 Å². The molecule has 0 aliphatic carbocycles. The molecule has 1 aromatic rings. The summed E-state index contributed by atoms with van der Waals surface area (Å²) in [6.45, 7) is 4.16. The number of anilines is 1. The molecule has 1 unspecified atom stereocenters. The number of carbonyl (C=O) groups excluding carboxylic acids is 1. The molecule has 0 bridgehead atoms. The molecular formula is C18H30N4O4. The topological polar surface area (TPSA) is 84.4 Å². The van der Waals surface area contributed by atoms with E-state index in [0.717, 1.165) is 6.42 Å². The Kier molecular flexibility index (Phi) is 8.54. The third-order valence-electron chi connectivity index (χ3n) is 3.79. The molecule has 1 rings (SSSR count). The fourth-order valence-corrected chi connectivity index (χ4v) is 2.03. The Morgan fingerprint density at radius 1 is 1.15 bits per heavy atom. The highest BCUT2D eigenvalue weighted by Crippen LogP contribution is 2.39. The number of ether oxygens (including phenoxy) is 3. The van der Waals surface area contributed by atoms with E-state index in [-0.39, 0.29) is 18.5 Å². The molecule has 8 nitrogen and oxygen atoms in total. The van der Waals surface area contributed by atoms with Gasteiger partial charge in [-0.1, -0.05) is 6.92 Å². The van der Waals surface area contributed by atoms with Crippen LogP contribution in [0.5, 0.6) is 17.2 Å². The standard InChI is InChI=1S/C18H30N4O4/c1-8-12(2)20-18(19-11-16(23)22(3)4)21-13-9-14(24-5)17(26-7)15(10-13)25-6/h9-10,12H,8,11H2,1-7H3,(H2,19,20,21). The number of hydrogen-bond donors (Lipinski definition) is 2. The highest BCUT2D eigenvalue weighted by molar-refractivity contribution is 5.95. The number of carbonyl (C=O) groups is 1. The van der Waals surface area contributed by atoms with Crippen LogP contribution in [0.1, 0.15) is 20.3 Å². The Morgan fingerprint density at radius 3 is 2.15 bits per heavy atom. The van der Waals surface area contributed by atoms with Gasteiger partial charge in [-0.05, 0) is 13.3 Å². The smallest absolute Gasteiger partial charge is 0.243 e. The van der Waals surface area contributed by atoms with Gasteiger partial charge in [0.25, 0.3) is 0 Å². The second-order valence-corrected chi connectivity index (χ2v) is 5.95. The van der Waals surface area contributed by atoms with Crippen LogP contribution in [0.15, 0.2) is 17.1 Å². The van der Waals surface area contributed by atoms with E-state index in [1.165, 1.54) is 4.90 Å². The van der Waals surface area contributed by atoms with Gasteiger partial charge in [0.2, 0.25) is 11.7 Å². The second kappa shape index (κ2) is 10.4. The number of hydrogen-bond acceptors (Lipinski definition) is 5. The van der Waals surface area contributed by atoms with E-state index in [1.807, 2.05) is 6.92 Å². The molecule has 1 aromatic carbocycles. The summed E-state index contributed by atoms with van der Waals surface area (Å²) in [5.74, 6) is 1.99. The van der Waals surface area contributed by atoms with E-state index in [2.05, 4.69) is 22.5 Å². The molecule has 1 atom stereocenters. The number of benzene rings is 1. The monoisotopic (exact) mass is 366 g/mol. The number of nitrogens with one attached hydrogen (secondary N) is 2. The molecule has 0 aliphatic heterocycles. The summed E-state index contributed by atoms with van der Waals surface area (Å²) in [5.41, 5.74) is 0.700. The van der Waals surface area contributed by atoms with Crippen LogP contribution >= 0.6 is 0 Å². The van der Waals surface area contributed by atoms with E-state index in [4.69, 9.17) is 14.2 Å². The van der Waals surface area contributed by atoms with Crippen molar-refractivity contribution in [1.29, 1.82) is 0 Å². The summed E-state index contributed by atoms with van der Waals surface area (Å²) < 4.78 is 16.1. The Hall–Kier alpha value is -2.64. The predicted octanol–water partition coefficient (Wildman–Crippen LogP) is 1.96. The highest BCUT2D eigenvalue weighted by atomic mass is 16.5. The highest BCUT2D eigenvalue weighted by Gasteiger charge is 2.15. The average molecular weight is 366 g/mol. The Bertz CT molecular complexity index is 607. The van der Waals surface area contributed by atoms with Crippen LogP contribution in [-0.2, 0) is 4.79 Å². The number of rotatable bonds is 8. The van der Waals surface area contributed by atoms with Crippen LogP contribution in [0.4, 0.5) is 5.69 Å². The van der Waals surface area contributed by atoms with Gasteiger partial charge in [-0.2, -0.15) is 0 Å². The quantitative estimate of drug-likeness (QED) is 0.540. The molecule has 26 heavy (non-hydrogen) atoms. The summed E-state index contributed by atoms with van der Waals surface area (Å²) in [6, 6.07) is 3.75. The van der Waals surface area contributed by atoms with Gasteiger partial charge in [0.1, 0.15) is 6.54 Å². The van der Waals surface area contributed by atoms with Crippen LogP contribution < -0.4 is 24.8 Å². The lowest BCUT2D eigenvalue weighted by atomic mass is 10.2. The number of guanidine groups is 1. The van der Waals surface area contributed by atoms with Crippen molar-refractivity contribution in [1.82, 2.24) is 10.2 Å². The van der Waals surface area contributed by atoms with Gasteiger partial charge < -0.3 is 29.7 Å². The average Bonchev–Trinajstić information content (AvgIpc) is 2.64. The molecule has 0 heterocycles. The van der Waals surface area contributed by atoms with Crippen molar-refractivity contribution in [2.75, 3.05) is 47.3 Å². The molecular weight excluding hydrogens is 336 g/mol. The van der Waals surface area contributed by atoms with Gasteiger partial charge in [0.15, 0.2) is 17.5 Å². The molecule has 1 amide bonds. The SMILES string of the molecule is CCC(C)NC(=NCC(=O)N(C)C)Nc1cc(OC)c(OC)c(OC)c1. The zero-order valence-electron chi connectivity index (χ0n) is 16.7. The molecule has 0 spiro atoms. The summed E-state index contributed by atoms with van der Waals surface area (Å²) in [4.78, 5) is 17.7. The summed E-state index contributed by atoms with van der Waals surface area (Å²) >= 11 is 0. The van der Waals surface area contributed by atoms with E-state index >= 15 is 0 Å². The minimum absolute atomic E-state index is 0.0448. The van der Waals surface area contributed by atoms with Crippen molar-refractivity contribution in [3.05, 3.63) is 12.1 Å². The molecule has 0 saturated heterocycles. The van der Waals surface area contributed by atoms with Crippen molar-refractivity contribution in [3.8, 4) is 17.2 Å². The Balaban J connectivity index is 3.13. The normalized spacial score (nSPS) is 12.2. The summed E-state index contributed by atoms with van der Waals surface area (Å²) in [5, 5.41) is 6.46. The maximum absolute atomic E-state index is 11.8. The van der Waals surface area contributed by atoms with Gasteiger partial charge in [-0.15, -0.1) is 0 Å². The first-order valence-electron chi connectivity index (χ1n) is 8.44. The van der Waals surface area contributed by atoms with Gasteiger partial charge in [-0.3, -0.25) is 4.79 Å². The first kappa shape index (κ1) is 21.4. The zero-order chi connectivity index (χ0) is 19.7. The Labute approximate surface area is 155 Å². The molecule has 146 valence electrons. The third-order valence-corrected chi connectivity index (χ3v) is 3.79. The number of aliphatic imine (C=N–C) groups is 1. The van der Waals surface area contributed by atoms with Crippen LogP contribution in [0.25, 0.3) is 0 Å². The fraction of sp³-hybridized carbons (Fsp3) is 0.556.